The zero-order valence-corrected chi connectivity index (χ0v) is 18.6. The molecule has 0 saturated carbocycles. The van der Waals surface area contributed by atoms with Gasteiger partial charge in [0.25, 0.3) is 15.9 Å². The number of nitrogens with zero attached hydrogens (tertiary/aromatic N) is 3. The Bertz CT molecular complexity index is 1350. The number of benzene rings is 1. The van der Waals surface area contributed by atoms with Gasteiger partial charge in [0.15, 0.2) is 10.6 Å². The molecule has 1 aromatic carbocycles. The Labute approximate surface area is 185 Å². The summed E-state index contributed by atoms with van der Waals surface area (Å²) < 4.78 is 56.7. The van der Waals surface area contributed by atoms with Crippen molar-refractivity contribution in [2.45, 2.75) is 23.6 Å². The molecule has 1 saturated heterocycles. The highest BCUT2D eigenvalue weighted by Gasteiger charge is 2.33. The number of terminal acetylenes is 1. The van der Waals surface area contributed by atoms with E-state index in [0.717, 1.165) is 34.8 Å². The van der Waals surface area contributed by atoms with Crippen LogP contribution in [-0.2, 0) is 21.4 Å². The van der Waals surface area contributed by atoms with Crippen LogP contribution in [-0.4, -0.2) is 36.3 Å². The molecule has 0 bridgehead atoms. The number of carbonyl (C=O) groups excluding carboxylic acids is 1. The fraction of sp³-hybridized carbons (Fsp3) is 0.300. The Hall–Kier alpha value is -2.39. The Kier molecular flexibility index (Phi) is 6.07. The number of thiazole rings is 1. The van der Waals surface area contributed by atoms with Gasteiger partial charge in [-0.25, -0.2) is 17.2 Å². The van der Waals surface area contributed by atoms with E-state index in [-0.39, 0.29) is 32.3 Å². The van der Waals surface area contributed by atoms with Crippen molar-refractivity contribution in [3.63, 3.8) is 0 Å². The summed E-state index contributed by atoms with van der Waals surface area (Å²) in [7, 11) is -3.67. The predicted octanol–water partition coefficient (Wildman–Crippen LogP) is 3.20. The first-order valence-electron chi connectivity index (χ1n) is 9.35. The number of fused-ring (bicyclic) bond motifs is 1. The number of halogens is 2. The molecule has 3 aromatic rings. The van der Waals surface area contributed by atoms with E-state index in [1.165, 1.54) is 14.9 Å². The topological polar surface area (TPSA) is 71.7 Å². The number of piperidine rings is 1. The van der Waals surface area contributed by atoms with Crippen molar-refractivity contribution in [1.29, 1.82) is 0 Å². The van der Waals surface area contributed by atoms with Gasteiger partial charge in [-0.2, -0.15) is 9.30 Å². The Morgan fingerprint density at radius 1 is 1.35 bits per heavy atom. The van der Waals surface area contributed by atoms with Crippen molar-refractivity contribution in [2.24, 2.45) is 10.9 Å². The molecule has 1 unspecified atom stereocenters. The lowest BCUT2D eigenvalue weighted by atomic mass is 9.99. The van der Waals surface area contributed by atoms with Gasteiger partial charge in [0, 0.05) is 19.2 Å². The molecule has 11 heteroatoms. The van der Waals surface area contributed by atoms with Crippen LogP contribution in [0.1, 0.15) is 12.8 Å². The number of amides is 1. The normalized spacial score (nSPS) is 18.4. The first-order chi connectivity index (χ1) is 14.8. The number of rotatable bonds is 4. The summed E-state index contributed by atoms with van der Waals surface area (Å²) in [6, 6.07) is 5.11. The third kappa shape index (κ3) is 4.21. The van der Waals surface area contributed by atoms with Gasteiger partial charge >= 0.3 is 0 Å². The van der Waals surface area contributed by atoms with E-state index in [0.29, 0.717) is 19.4 Å². The van der Waals surface area contributed by atoms with Crippen molar-refractivity contribution in [2.75, 3.05) is 13.1 Å². The van der Waals surface area contributed by atoms with Gasteiger partial charge < -0.3 is 4.57 Å². The molecule has 162 valence electrons. The van der Waals surface area contributed by atoms with Crippen LogP contribution in [0.2, 0.25) is 0 Å². The fourth-order valence-corrected chi connectivity index (χ4v) is 7.28. The quantitative estimate of drug-likeness (QED) is 0.538. The maximum absolute atomic E-state index is 14.3. The molecule has 1 atom stereocenters. The molecule has 0 radical (unpaired) electrons. The molecule has 31 heavy (non-hydrogen) atoms. The van der Waals surface area contributed by atoms with Crippen molar-refractivity contribution in [3.8, 4) is 12.3 Å². The molecule has 1 amide bonds. The second-order valence-electron chi connectivity index (χ2n) is 6.99. The van der Waals surface area contributed by atoms with E-state index < -0.39 is 33.5 Å². The maximum atomic E-state index is 14.3. The highest BCUT2D eigenvalue weighted by molar-refractivity contribution is 7.91. The molecule has 1 aliphatic heterocycles. The van der Waals surface area contributed by atoms with Crippen molar-refractivity contribution in [3.05, 3.63) is 46.1 Å². The lowest BCUT2D eigenvalue weighted by Gasteiger charge is -2.29. The van der Waals surface area contributed by atoms with Gasteiger partial charge in [-0.15, -0.1) is 17.8 Å². The van der Waals surface area contributed by atoms with Crippen LogP contribution in [0.25, 0.3) is 10.2 Å². The lowest BCUT2D eigenvalue weighted by molar-refractivity contribution is -0.122. The molecule has 1 fully saturated rings. The number of sulfonamides is 1. The van der Waals surface area contributed by atoms with E-state index in [4.69, 9.17) is 6.42 Å². The smallest absolute Gasteiger partial charge is 0.252 e. The zero-order chi connectivity index (χ0) is 22.2. The summed E-state index contributed by atoms with van der Waals surface area (Å²) in [6.07, 6.45) is 6.39. The predicted molar refractivity (Wildman–Crippen MR) is 115 cm³/mol. The minimum absolute atomic E-state index is 0.0194. The summed E-state index contributed by atoms with van der Waals surface area (Å²) in [4.78, 5) is 17.2. The minimum atomic E-state index is -3.67. The van der Waals surface area contributed by atoms with E-state index in [2.05, 4.69) is 10.9 Å². The van der Waals surface area contributed by atoms with Gasteiger partial charge in [0.2, 0.25) is 0 Å². The summed E-state index contributed by atoms with van der Waals surface area (Å²) >= 11 is 2.08. The molecule has 3 heterocycles. The molecular weight excluding hydrogens is 464 g/mol. The largest absolute Gasteiger partial charge is 0.302 e. The van der Waals surface area contributed by atoms with Crippen LogP contribution in [0, 0.1) is 29.9 Å². The van der Waals surface area contributed by atoms with Crippen molar-refractivity contribution in [1.82, 2.24) is 8.87 Å². The van der Waals surface area contributed by atoms with Crippen LogP contribution < -0.4 is 4.80 Å². The number of hydrogen-bond donors (Lipinski definition) is 0. The molecule has 1 aliphatic rings. The van der Waals surface area contributed by atoms with E-state index >= 15 is 0 Å². The first-order valence-corrected chi connectivity index (χ1v) is 12.5. The van der Waals surface area contributed by atoms with Gasteiger partial charge in [-0.1, -0.05) is 23.3 Å². The molecule has 2 aromatic heterocycles. The van der Waals surface area contributed by atoms with Gasteiger partial charge in [0.1, 0.15) is 10.0 Å². The molecule has 0 spiro atoms. The Balaban J connectivity index is 1.67. The maximum Gasteiger partial charge on any atom is 0.252 e. The second-order valence-corrected chi connectivity index (χ2v) is 11.1. The molecule has 4 rings (SSSR count). The SMILES string of the molecule is C#CCn1c(=NC(=O)C2CCCN(S(=O)(=O)c3cccs3)C2)sc2cc(F)cc(F)c21. The monoisotopic (exact) mass is 481 g/mol. The van der Waals surface area contributed by atoms with Crippen molar-refractivity contribution >= 4 is 48.8 Å². The fourth-order valence-electron chi connectivity index (χ4n) is 3.54. The van der Waals surface area contributed by atoms with Gasteiger partial charge in [0.05, 0.1) is 22.7 Å². The number of hydrogen-bond acceptors (Lipinski definition) is 5. The summed E-state index contributed by atoms with van der Waals surface area (Å²) in [5, 5.41) is 1.68. The summed E-state index contributed by atoms with van der Waals surface area (Å²) in [5.41, 5.74) is 0.0847. The van der Waals surface area contributed by atoms with Crippen molar-refractivity contribution < 1.29 is 22.0 Å². The Morgan fingerprint density at radius 2 is 2.16 bits per heavy atom. The van der Waals surface area contributed by atoms with E-state index in [1.54, 1.807) is 11.4 Å². The number of carbonyl (C=O) groups is 1. The van der Waals surface area contributed by atoms with Gasteiger partial charge in [-0.05, 0) is 30.4 Å². The van der Waals surface area contributed by atoms with E-state index in [9.17, 15) is 22.0 Å². The lowest BCUT2D eigenvalue weighted by Crippen LogP contribution is -2.42. The molecule has 0 N–H and O–H groups in total. The van der Waals surface area contributed by atoms with E-state index in [1.807, 2.05) is 0 Å². The number of aromatic nitrogens is 1. The third-order valence-corrected chi connectivity index (χ3v) is 9.24. The van der Waals surface area contributed by atoms with Crippen LogP contribution in [0.15, 0.2) is 38.8 Å². The first kappa shape index (κ1) is 21.8. The highest BCUT2D eigenvalue weighted by atomic mass is 32.2. The molecular formula is C20H17F2N3O3S3. The summed E-state index contributed by atoms with van der Waals surface area (Å²) in [5.74, 6) is -0.276. The standard InChI is InChI=1S/C20H17F2N3O3S3/c1-2-7-25-18-15(22)10-14(21)11-16(18)30-20(25)23-19(26)13-5-3-8-24(12-13)31(27,28)17-6-4-9-29-17/h1,4,6,9-11,13H,3,5,7-8,12H2. The minimum Gasteiger partial charge on any atom is -0.302 e. The van der Waals surface area contributed by atoms with Crippen LogP contribution in [0.4, 0.5) is 8.78 Å². The van der Waals surface area contributed by atoms with Crippen LogP contribution in [0.5, 0.6) is 0 Å². The third-order valence-electron chi connectivity index (χ3n) is 4.97. The van der Waals surface area contributed by atoms with Crippen LogP contribution in [0.3, 0.4) is 0 Å². The average Bonchev–Trinajstić information content (AvgIpc) is 3.38. The summed E-state index contributed by atoms with van der Waals surface area (Å²) in [6.45, 7) is 0.304. The number of thiophene rings is 1. The highest BCUT2D eigenvalue weighted by Crippen LogP contribution is 2.27. The Morgan fingerprint density at radius 3 is 2.87 bits per heavy atom. The molecule has 0 aliphatic carbocycles. The zero-order valence-electron chi connectivity index (χ0n) is 16.1. The van der Waals surface area contributed by atoms with Crippen LogP contribution >= 0.6 is 22.7 Å². The molecule has 6 nitrogen and oxygen atoms in total. The average molecular weight is 482 g/mol. The second kappa shape index (κ2) is 8.63. The van der Waals surface area contributed by atoms with Gasteiger partial charge in [-0.3, -0.25) is 4.79 Å².